The van der Waals surface area contributed by atoms with Gasteiger partial charge in [0.15, 0.2) is 0 Å². The van der Waals surface area contributed by atoms with E-state index in [0.717, 1.165) is 25.8 Å². The summed E-state index contributed by atoms with van der Waals surface area (Å²) in [5, 5.41) is 0. The molecule has 0 heterocycles. The molecule has 1 rings (SSSR count). The van der Waals surface area contributed by atoms with Crippen molar-refractivity contribution in [2.24, 2.45) is 5.41 Å². The van der Waals surface area contributed by atoms with Gasteiger partial charge in [0, 0.05) is 0 Å². The third-order valence-corrected chi connectivity index (χ3v) is 3.45. The minimum absolute atomic E-state index is 0.0127. The van der Waals surface area contributed by atoms with Crippen LogP contribution in [-0.4, -0.2) is 61.2 Å². The zero-order chi connectivity index (χ0) is 12.9. The van der Waals surface area contributed by atoms with Crippen LogP contribution in [0.15, 0.2) is 0 Å². The zero-order valence-corrected chi connectivity index (χ0v) is 14.0. The SMILES string of the molecule is CCOC(=O)C1(C(=O)OCC)CC(O[CH2][Pb])C1. The summed E-state index contributed by atoms with van der Waals surface area (Å²) < 4.78 is 16.1. The second-order valence-corrected chi connectivity index (χ2v) is 4.99. The first-order chi connectivity index (χ1) is 8.10. The van der Waals surface area contributed by atoms with Gasteiger partial charge in [0.25, 0.3) is 0 Å². The molecule has 0 aromatic rings. The van der Waals surface area contributed by atoms with Crippen molar-refractivity contribution in [1.29, 1.82) is 0 Å². The first-order valence-electron chi connectivity index (χ1n) is 5.71. The number of esters is 2. The molecule has 0 aliphatic heterocycles. The molecule has 1 aliphatic rings. The van der Waals surface area contributed by atoms with Crippen molar-refractivity contribution in [1.82, 2.24) is 0 Å². The Bertz CT molecular complexity index is 266. The monoisotopic (exact) mass is 437 g/mol. The minimum atomic E-state index is -1.12. The van der Waals surface area contributed by atoms with E-state index >= 15 is 0 Å². The van der Waals surface area contributed by atoms with E-state index in [0.29, 0.717) is 17.0 Å². The van der Waals surface area contributed by atoms with Gasteiger partial charge in [-0.3, -0.25) is 0 Å². The van der Waals surface area contributed by atoms with Gasteiger partial charge in [0.05, 0.1) is 0 Å². The topological polar surface area (TPSA) is 61.8 Å². The molecule has 0 spiro atoms. The van der Waals surface area contributed by atoms with Crippen LogP contribution in [0, 0.1) is 5.41 Å². The van der Waals surface area contributed by atoms with Crippen LogP contribution in [-0.2, 0) is 23.8 Å². The van der Waals surface area contributed by atoms with Crippen LogP contribution in [0.2, 0.25) is 0 Å². The number of carbonyl (C=O) groups excluding carboxylic acids is 2. The van der Waals surface area contributed by atoms with Gasteiger partial charge in [-0.2, -0.15) is 0 Å². The van der Waals surface area contributed by atoms with Crippen LogP contribution in [0.5, 0.6) is 0 Å². The van der Waals surface area contributed by atoms with E-state index in [2.05, 4.69) is 0 Å². The van der Waals surface area contributed by atoms with Gasteiger partial charge < -0.3 is 0 Å². The summed E-state index contributed by atoms with van der Waals surface area (Å²) >= 11 is 0.951. The fourth-order valence-electron chi connectivity index (χ4n) is 1.91. The van der Waals surface area contributed by atoms with E-state index in [1.165, 1.54) is 0 Å². The quantitative estimate of drug-likeness (QED) is 0.343. The van der Waals surface area contributed by atoms with Gasteiger partial charge in [0.1, 0.15) is 0 Å². The second-order valence-electron chi connectivity index (χ2n) is 3.86. The van der Waals surface area contributed by atoms with Gasteiger partial charge in [-0.25, -0.2) is 0 Å². The molecule has 6 heteroatoms. The Morgan fingerprint density at radius 3 is 2.00 bits per heavy atom. The van der Waals surface area contributed by atoms with Crippen molar-refractivity contribution >= 4 is 37.7 Å². The number of carbonyl (C=O) groups is 2. The van der Waals surface area contributed by atoms with Crippen molar-refractivity contribution in [2.75, 3.05) is 17.4 Å². The molecule has 1 aliphatic carbocycles. The molecule has 0 saturated heterocycles. The Labute approximate surface area is 117 Å². The van der Waals surface area contributed by atoms with Gasteiger partial charge in [0.2, 0.25) is 0 Å². The summed E-state index contributed by atoms with van der Waals surface area (Å²) in [5.74, 6) is -0.960. The average molecular weight is 436 g/mol. The van der Waals surface area contributed by atoms with Crippen LogP contribution < -0.4 is 0 Å². The molecule has 0 N–H and O–H groups in total. The van der Waals surface area contributed by atoms with Crippen molar-refractivity contribution < 1.29 is 23.8 Å². The summed E-state index contributed by atoms with van der Waals surface area (Å²) in [6.45, 7) is 3.99. The number of hydrogen-bond donors (Lipinski definition) is 0. The molecular weight excluding hydrogens is 419 g/mol. The molecule has 5 nitrogen and oxygen atoms in total. The van der Waals surface area contributed by atoms with Crippen molar-refractivity contribution in [3.8, 4) is 0 Å². The molecule has 3 radical (unpaired) electrons. The van der Waals surface area contributed by atoms with E-state index in [9.17, 15) is 9.59 Å². The average Bonchev–Trinajstić information content (AvgIpc) is 2.23. The maximum atomic E-state index is 11.8. The molecule has 0 atom stereocenters. The molecule has 17 heavy (non-hydrogen) atoms. The number of rotatable bonds is 6. The van der Waals surface area contributed by atoms with E-state index in [4.69, 9.17) is 14.2 Å². The van der Waals surface area contributed by atoms with E-state index in [1.807, 2.05) is 0 Å². The number of ether oxygens (including phenoxy) is 3. The normalized spacial score (nSPS) is 18.3. The van der Waals surface area contributed by atoms with E-state index in [-0.39, 0.29) is 19.3 Å². The van der Waals surface area contributed by atoms with Crippen LogP contribution in [0.3, 0.4) is 0 Å². The molecule has 0 unspecified atom stereocenters. The molecule has 0 bridgehead atoms. The van der Waals surface area contributed by atoms with Crippen LogP contribution in [0.1, 0.15) is 26.7 Å². The Morgan fingerprint density at radius 2 is 1.65 bits per heavy atom. The molecule has 0 aromatic heterocycles. The van der Waals surface area contributed by atoms with Gasteiger partial charge in [-0.15, -0.1) is 0 Å². The Balaban J connectivity index is 2.68. The fourth-order valence-corrected chi connectivity index (χ4v) is 2.82. The summed E-state index contributed by atoms with van der Waals surface area (Å²) in [5.41, 5.74) is -1.12. The third-order valence-electron chi connectivity index (χ3n) is 2.80. The van der Waals surface area contributed by atoms with Crippen molar-refractivity contribution in [3.63, 3.8) is 0 Å². The van der Waals surface area contributed by atoms with Crippen molar-refractivity contribution in [2.45, 2.75) is 32.8 Å². The predicted molar refractivity (Wildman–Crippen MR) is 60.4 cm³/mol. The summed E-state index contributed by atoms with van der Waals surface area (Å²) in [6.07, 6.45) is 0.751. The molecule has 1 saturated carbocycles. The summed E-state index contributed by atoms with van der Waals surface area (Å²) in [4.78, 5) is 23.7. The first-order valence-corrected chi connectivity index (χ1v) is 8.46. The Morgan fingerprint density at radius 1 is 1.18 bits per heavy atom. The Hall–Kier alpha value is -0.178. The Kier molecular flexibility index (Phi) is 5.84. The first kappa shape index (κ1) is 14.9. The maximum absolute atomic E-state index is 11.8. The van der Waals surface area contributed by atoms with E-state index in [1.54, 1.807) is 13.8 Å². The van der Waals surface area contributed by atoms with Gasteiger partial charge in [-0.1, -0.05) is 0 Å². The summed E-state index contributed by atoms with van der Waals surface area (Å²) in [6, 6.07) is 0. The number of hydrogen-bond acceptors (Lipinski definition) is 5. The zero-order valence-electron chi connectivity index (χ0n) is 10.2. The standard InChI is InChI=1S/C11H17O5.Pb/c1-4-15-9(12)11(10(13)16-5-2)6-8(7-11)14-3;/h8H,3-7H2,1-2H3;. The molecular formula is C11H17O5Pb. The van der Waals surface area contributed by atoms with Crippen LogP contribution >= 0.6 is 0 Å². The molecule has 95 valence electrons. The summed E-state index contributed by atoms with van der Waals surface area (Å²) in [7, 11) is 0. The van der Waals surface area contributed by atoms with Crippen molar-refractivity contribution in [3.05, 3.63) is 0 Å². The van der Waals surface area contributed by atoms with Gasteiger partial charge >= 0.3 is 117 Å². The molecule has 1 fully saturated rings. The van der Waals surface area contributed by atoms with Gasteiger partial charge in [-0.05, 0) is 0 Å². The third kappa shape index (κ3) is 3.18. The predicted octanol–water partition coefficient (Wildman–Crippen LogP) is 0.404. The van der Waals surface area contributed by atoms with Crippen LogP contribution in [0.4, 0.5) is 0 Å². The van der Waals surface area contributed by atoms with E-state index < -0.39 is 17.4 Å². The molecule has 0 aromatic carbocycles. The second kappa shape index (κ2) is 6.67. The van der Waals surface area contributed by atoms with Crippen LogP contribution in [0.25, 0.3) is 0 Å². The fraction of sp³-hybridized carbons (Fsp3) is 0.818. The molecule has 0 amide bonds.